The smallest absolute Gasteiger partial charge is 0.323 e. The van der Waals surface area contributed by atoms with E-state index in [2.05, 4.69) is 38.1 Å². The van der Waals surface area contributed by atoms with Crippen molar-refractivity contribution in [2.24, 2.45) is 0 Å². The maximum absolute atomic E-state index is 13.2. The number of fused-ring (bicyclic) bond motifs is 1. The first kappa shape index (κ1) is 27.5. The standard InChI is InChI=1S/C31H34ClNO5/c1-3-4-22-5-7-23(8-6-22)20-31(2)16-15-24-19-25(9-14-28(24)38-31)30(36)33(21-29(34)35)17-18-37-27-12-10-26(32)11-13-27/h5-14,19H,3-4,15-18,20-21H2,1-2H3,(H,34,35). The number of aliphatic carboxylic acids is 1. The maximum Gasteiger partial charge on any atom is 0.323 e. The highest BCUT2D eigenvalue weighted by Crippen LogP contribution is 2.36. The van der Waals surface area contributed by atoms with Crippen LogP contribution in [0.25, 0.3) is 0 Å². The van der Waals surface area contributed by atoms with Gasteiger partial charge in [-0.25, -0.2) is 0 Å². The van der Waals surface area contributed by atoms with Crippen molar-refractivity contribution < 1.29 is 24.2 Å². The number of carboxylic acids is 1. The van der Waals surface area contributed by atoms with Gasteiger partial charge in [-0.2, -0.15) is 0 Å². The molecule has 3 aromatic rings. The Balaban J connectivity index is 1.40. The van der Waals surface area contributed by atoms with Crippen LogP contribution in [0.15, 0.2) is 66.7 Å². The number of carbonyl (C=O) groups is 2. The molecule has 1 aliphatic rings. The van der Waals surface area contributed by atoms with Crippen molar-refractivity contribution in [1.82, 2.24) is 4.90 Å². The summed E-state index contributed by atoms with van der Waals surface area (Å²) in [6.45, 7) is 4.20. The molecule has 1 aliphatic heterocycles. The van der Waals surface area contributed by atoms with E-state index in [1.165, 1.54) is 16.0 Å². The third-order valence-corrected chi connectivity index (χ3v) is 7.04. The number of aryl methyl sites for hydroxylation is 2. The summed E-state index contributed by atoms with van der Waals surface area (Å²) in [7, 11) is 0. The Hall–Kier alpha value is -3.51. The van der Waals surface area contributed by atoms with Gasteiger partial charge in [-0.3, -0.25) is 9.59 Å². The second-order valence-corrected chi connectivity index (χ2v) is 10.5. The van der Waals surface area contributed by atoms with Gasteiger partial charge in [0.15, 0.2) is 0 Å². The van der Waals surface area contributed by atoms with Gasteiger partial charge in [-0.05, 0) is 85.3 Å². The third-order valence-electron chi connectivity index (χ3n) is 6.78. The van der Waals surface area contributed by atoms with Gasteiger partial charge in [-0.1, -0.05) is 49.2 Å². The molecule has 200 valence electrons. The number of benzene rings is 3. The van der Waals surface area contributed by atoms with E-state index in [9.17, 15) is 14.7 Å². The maximum atomic E-state index is 13.2. The van der Waals surface area contributed by atoms with Gasteiger partial charge >= 0.3 is 5.97 Å². The lowest BCUT2D eigenvalue weighted by atomic mass is 9.86. The van der Waals surface area contributed by atoms with Crippen LogP contribution in [0.5, 0.6) is 11.5 Å². The third kappa shape index (κ3) is 7.29. The van der Waals surface area contributed by atoms with Gasteiger partial charge in [0.25, 0.3) is 5.91 Å². The summed E-state index contributed by atoms with van der Waals surface area (Å²) in [6, 6.07) is 21.0. The largest absolute Gasteiger partial charge is 0.492 e. The van der Waals surface area contributed by atoms with Crippen LogP contribution in [0.1, 0.15) is 53.7 Å². The molecule has 1 N–H and O–H groups in total. The summed E-state index contributed by atoms with van der Waals surface area (Å²) < 4.78 is 12.1. The lowest BCUT2D eigenvalue weighted by Gasteiger charge is -2.36. The van der Waals surface area contributed by atoms with Crippen molar-refractivity contribution >= 4 is 23.5 Å². The van der Waals surface area contributed by atoms with E-state index in [4.69, 9.17) is 21.1 Å². The van der Waals surface area contributed by atoms with Crippen molar-refractivity contribution in [2.75, 3.05) is 19.7 Å². The lowest BCUT2D eigenvalue weighted by molar-refractivity contribution is -0.137. The second kappa shape index (κ2) is 12.4. The van der Waals surface area contributed by atoms with Gasteiger partial charge < -0.3 is 19.5 Å². The lowest BCUT2D eigenvalue weighted by Crippen LogP contribution is -2.39. The summed E-state index contributed by atoms with van der Waals surface area (Å²) in [5.74, 6) is -0.0585. The van der Waals surface area contributed by atoms with Gasteiger partial charge in [-0.15, -0.1) is 0 Å². The molecule has 0 radical (unpaired) electrons. The van der Waals surface area contributed by atoms with Crippen LogP contribution < -0.4 is 9.47 Å². The van der Waals surface area contributed by atoms with Gasteiger partial charge in [0.2, 0.25) is 0 Å². The summed E-state index contributed by atoms with van der Waals surface area (Å²) in [4.78, 5) is 26.0. The van der Waals surface area contributed by atoms with Crippen molar-refractivity contribution in [2.45, 2.75) is 51.6 Å². The average molecular weight is 536 g/mol. The molecule has 0 saturated carbocycles. The average Bonchev–Trinajstić information content (AvgIpc) is 2.89. The number of nitrogens with zero attached hydrogens (tertiary/aromatic N) is 1. The predicted molar refractivity (Wildman–Crippen MR) is 148 cm³/mol. The van der Waals surface area contributed by atoms with E-state index >= 15 is 0 Å². The molecule has 3 aromatic carbocycles. The number of carboxylic acid groups (broad SMARTS) is 1. The van der Waals surface area contributed by atoms with Crippen LogP contribution in [-0.2, 0) is 24.1 Å². The quantitative estimate of drug-likeness (QED) is 0.315. The van der Waals surface area contributed by atoms with E-state index in [1.807, 2.05) is 12.1 Å². The molecule has 7 heteroatoms. The first-order valence-electron chi connectivity index (χ1n) is 13.0. The summed E-state index contributed by atoms with van der Waals surface area (Å²) in [6.07, 6.45) is 4.62. The molecule has 1 unspecified atom stereocenters. The van der Waals surface area contributed by atoms with Crippen molar-refractivity contribution in [3.63, 3.8) is 0 Å². The molecule has 38 heavy (non-hydrogen) atoms. The van der Waals surface area contributed by atoms with Crippen LogP contribution >= 0.6 is 11.6 Å². The van der Waals surface area contributed by atoms with Gasteiger partial charge in [0.05, 0.1) is 6.54 Å². The Bertz CT molecular complexity index is 1260. The first-order chi connectivity index (χ1) is 18.2. The Morgan fingerprint density at radius 1 is 1.05 bits per heavy atom. The zero-order valence-corrected chi connectivity index (χ0v) is 22.7. The van der Waals surface area contributed by atoms with Crippen LogP contribution in [0.2, 0.25) is 5.02 Å². The molecule has 0 fully saturated rings. The first-order valence-corrected chi connectivity index (χ1v) is 13.4. The molecule has 1 amide bonds. The van der Waals surface area contributed by atoms with E-state index in [1.54, 1.807) is 30.3 Å². The highest BCUT2D eigenvalue weighted by molar-refractivity contribution is 6.30. The molecular weight excluding hydrogens is 502 g/mol. The van der Waals surface area contributed by atoms with Crippen molar-refractivity contribution in [1.29, 1.82) is 0 Å². The number of hydrogen-bond donors (Lipinski definition) is 1. The fourth-order valence-electron chi connectivity index (χ4n) is 4.79. The zero-order chi connectivity index (χ0) is 27.1. The monoisotopic (exact) mass is 535 g/mol. The minimum Gasteiger partial charge on any atom is -0.492 e. The molecule has 1 heterocycles. The van der Waals surface area contributed by atoms with Crippen LogP contribution in [-0.4, -0.2) is 47.2 Å². The number of halogens is 1. The number of hydrogen-bond acceptors (Lipinski definition) is 4. The fourth-order valence-corrected chi connectivity index (χ4v) is 4.92. The van der Waals surface area contributed by atoms with E-state index in [0.29, 0.717) is 16.3 Å². The Labute approximate surface area is 229 Å². The highest BCUT2D eigenvalue weighted by atomic mass is 35.5. The number of amides is 1. The van der Waals surface area contributed by atoms with E-state index in [-0.39, 0.29) is 24.7 Å². The van der Waals surface area contributed by atoms with Crippen LogP contribution in [0.4, 0.5) is 0 Å². The van der Waals surface area contributed by atoms with Gasteiger partial charge in [0.1, 0.15) is 30.3 Å². The van der Waals surface area contributed by atoms with Crippen molar-refractivity contribution in [3.05, 3.63) is 94.0 Å². The van der Waals surface area contributed by atoms with Crippen LogP contribution in [0, 0.1) is 0 Å². The Morgan fingerprint density at radius 2 is 1.76 bits per heavy atom. The minimum atomic E-state index is -1.08. The fraction of sp³-hybridized carbons (Fsp3) is 0.355. The number of rotatable bonds is 11. The molecule has 0 saturated heterocycles. The highest BCUT2D eigenvalue weighted by Gasteiger charge is 2.32. The molecule has 6 nitrogen and oxygen atoms in total. The van der Waals surface area contributed by atoms with Crippen LogP contribution in [0.3, 0.4) is 0 Å². The topological polar surface area (TPSA) is 76.1 Å². The zero-order valence-electron chi connectivity index (χ0n) is 21.9. The number of carbonyl (C=O) groups excluding carboxylic acids is 1. The molecular formula is C31H34ClNO5. The van der Waals surface area contributed by atoms with Gasteiger partial charge in [0, 0.05) is 17.0 Å². The SMILES string of the molecule is CCCc1ccc(CC2(C)CCc3cc(C(=O)N(CCOc4ccc(Cl)cc4)CC(=O)O)ccc3O2)cc1. The molecule has 0 bridgehead atoms. The van der Waals surface area contributed by atoms with E-state index < -0.39 is 12.5 Å². The summed E-state index contributed by atoms with van der Waals surface area (Å²) >= 11 is 5.90. The second-order valence-electron chi connectivity index (χ2n) is 10.0. The molecule has 4 rings (SSSR count). The molecule has 0 spiro atoms. The Morgan fingerprint density at radius 3 is 2.45 bits per heavy atom. The predicted octanol–water partition coefficient (Wildman–Crippen LogP) is 6.22. The molecule has 1 atom stereocenters. The Kier molecular flexibility index (Phi) is 8.95. The van der Waals surface area contributed by atoms with Crippen molar-refractivity contribution in [3.8, 4) is 11.5 Å². The minimum absolute atomic E-state index is 0.135. The summed E-state index contributed by atoms with van der Waals surface area (Å²) in [5, 5.41) is 9.97. The summed E-state index contributed by atoms with van der Waals surface area (Å²) in [5.41, 5.74) is 3.66. The normalized spacial score (nSPS) is 16.3. The molecule has 0 aromatic heterocycles. The number of ether oxygens (including phenoxy) is 2. The van der Waals surface area contributed by atoms with E-state index in [0.717, 1.165) is 43.4 Å². The molecule has 0 aliphatic carbocycles.